The molecular formula is C29H52N2O10. The monoisotopic (exact) mass is 588 g/mol. The van der Waals surface area contributed by atoms with Gasteiger partial charge in [-0.3, -0.25) is 0 Å². The van der Waals surface area contributed by atoms with Gasteiger partial charge in [0.25, 0.3) is 0 Å². The Labute approximate surface area is 245 Å². The van der Waals surface area contributed by atoms with E-state index in [0.717, 1.165) is 25.1 Å². The number of hydrogen-bond donors (Lipinski definition) is 2. The van der Waals surface area contributed by atoms with Crippen molar-refractivity contribution in [1.82, 2.24) is 0 Å². The van der Waals surface area contributed by atoms with Crippen LogP contribution in [0.2, 0.25) is 0 Å². The molecule has 0 radical (unpaired) electrons. The van der Waals surface area contributed by atoms with Gasteiger partial charge in [0.15, 0.2) is 0 Å². The number of rotatable bonds is 31. The molecule has 0 aliphatic heterocycles. The summed E-state index contributed by atoms with van der Waals surface area (Å²) < 4.78 is 48.5. The van der Waals surface area contributed by atoms with Gasteiger partial charge in [-0.2, -0.15) is 0 Å². The summed E-state index contributed by atoms with van der Waals surface area (Å²) in [5.41, 5.74) is 6.84. The van der Waals surface area contributed by atoms with E-state index in [2.05, 4.69) is 12.2 Å². The lowest BCUT2D eigenvalue weighted by Crippen LogP contribution is -2.15. The third kappa shape index (κ3) is 24.4. The molecule has 0 bridgehead atoms. The van der Waals surface area contributed by atoms with Gasteiger partial charge in [-0.15, -0.1) is 0 Å². The van der Waals surface area contributed by atoms with Gasteiger partial charge >= 0.3 is 5.97 Å². The van der Waals surface area contributed by atoms with Crippen LogP contribution in [-0.2, 0) is 42.6 Å². The Hall–Kier alpha value is -1.87. The third-order valence-corrected chi connectivity index (χ3v) is 5.31. The van der Waals surface area contributed by atoms with Gasteiger partial charge in [0.1, 0.15) is 6.61 Å². The lowest BCUT2D eigenvalue weighted by atomic mass is 10.2. The summed E-state index contributed by atoms with van der Waals surface area (Å²) in [4.78, 5) is 12.1. The van der Waals surface area contributed by atoms with E-state index in [9.17, 15) is 4.79 Å². The molecule has 12 nitrogen and oxygen atoms in total. The highest BCUT2D eigenvalue weighted by Crippen LogP contribution is 2.10. The topological polar surface area (TPSA) is 138 Å². The summed E-state index contributed by atoms with van der Waals surface area (Å²) in [6, 6.07) is 7.29. The molecule has 0 saturated carbocycles. The maximum Gasteiger partial charge on any atom is 0.338 e. The molecule has 0 fully saturated rings. The lowest BCUT2D eigenvalue weighted by molar-refractivity contribution is -0.0242. The largest absolute Gasteiger partial charge is 0.460 e. The predicted molar refractivity (Wildman–Crippen MR) is 156 cm³/mol. The zero-order chi connectivity index (χ0) is 29.5. The minimum absolute atomic E-state index is 0.194. The van der Waals surface area contributed by atoms with Crippen molar-refractivity contribution in [3.63, 3.8) is 0 Å². The van der Waals surface area contributed by atoms with Crippen molar-refractivity contribution < 1.29 is 47.4 Å². The predicted octanol–water partition coefficient (Wildman–Crippen LogP) is 2.15. The van der Waals surface area contributed by atoms with Crippen LogP contribution in [0.3, 0.4) is 0 Å². The van der Waals surface area contributed by atoms with Gasteiger partial charge in [0.05, 0.1) is 111 Å². The number of hydrogen-bond acceptors (Lipinski definition) is 12. The molecule has 1 aromatic rings. The standard InChI is InChI=1S/C29H52N2O10/c1-2-3-9-31-28-6-4-27(5-7-28)29(32)41-26-25-40-24-23-39-22-21-38-20-19-37-18-17-36-16-15-35-14-13-34-12-11-33-10-8-30/h4-7,31H,2-3,8-26,30H2,1H3. The van der Waals surface area contributed by atoms with E-state index in [1.165, 1.54) is 0 Å². The molecule has 0 spiro atoms. The first-order valence-electron chi connectivity index (χ1n) is 14.6. The molecule has 238 valence electrons. The summed E-state index contributed by atoms with van der Waals surface area (Å²) in [6.45, 7) is 11.6. The second kappa shape index (κ2) is 29.6. The Morgan fingerprint density at radius 2 is 0.951 bits per heavy atom. The molecular weight excluding hydrogens is 536 g/mol. The van der Waals surface area contributed by atoms with Crippen LogP contribution in [0.25, 0.3) is 0 Å². The summed E-state index contributed by atoms with van der Waals surface area (Å²) in [5, 5.41) is 3.31. The van der Waals surface area contributed by atoms with E-state index < -0.39 is 0 Å². The number of anilines is 1. The molecule has 0 unspecified atom stereocenters. The maximum absolute atomic E-state index is 12.1. The van der Waals surface area contributed by atoms with Crippen LogP contribution < -0.4 is 11.1 Å². The van der Waals surface area contributed by atoms with E-state index in [1.807, 2.05) is 12.1 Å². The molecule has 3 N–H and O–H groups in total. The summed E-state index contributed by atoms with van der Waals surface area (Å²) >= 11 is 0. The van der Waals surface area contributed by atoms with Crippen molar-refractivity contribution in [1.29, 1.82) is 0 Å². The molecule has 41 heavy (non-hydrogen) atoms. The van der Waals surface area contributed by atoms with Crippen molar-refractivity contribution in [3.8, 4) is 0 Å². The van der Waals surface area contributed by atoms with E-state index in [0.29, 0.717) is 118 Å². The van der Waals surface area contributed by atoms with Crippen molar-refractivity contribution in [3.05, 3.63) is 29.8 Å². The minimum Gasteiger partial charge on any atom is -0.460 e. The fraction of sp³-hybridized carbons (Fsp3) is 0.759. The third-order valence-electron chi connectivity index (χ3n) is 5.31. The normalized spacial score (nSPS) is 11.2. The summed E-state index contributed by atoms with van der Waals surface area (Å²) in [5.74, 6) is -0.359. The molecule has 1 aromatic carbocycles. The van der Waals surface area contributed by atoms with Gasteiger partial charge in [-0.05, 0) is 30.7 Å². The molecule has 0 saturated heterocycles. The Morgan fingerprint density at radius 3 is 1.32 bits per heavy atom. The van der Waals surface area contributed by atoms with Crippen LogP contribution in [0.15, 0.2) is 24.3 Å². The molecule has 1 rings (SSSR count). The minimum atomic E-state index is -0.359. The number of unbranched alkanes of at least 4 members (excludes halogenated alkanes) is 1. The van der Waals surface area contributed by atoms with Gasteiger partial charge in [-0.25, -0.2) is 4.79 Å². The van der Waals surface area contributed by atoms with E-state index in [4.69, 9.17) is 48.4 Å². The van der Waals surface area contributed by atoms with Crippen LogP contribution in [0, 0.1) is 0 Å². The molecule has 0 heterocycles. The zero-order valence-electron chi connectivity index (χ0n) is 24.8. The highest BCUT2D eigenvalue weighted by atomic mass is 16.6. The van der Waals surface area contributed by atoms with E-state index in [-0.39, 0.29) is 12.6 Å². The molecule has 12 heteroatoms. The number of carbonyl (C=O) groups is 1. The number of nitrogens with two attached hydrogens (primary N) is 1. The van der Waals surface area contributed by atoms with E-state index >= 15 is 0 Å². The van der Waals surface area contributed by atoms with E-state index in [1.54, 1.807) is 12.1 Å². The Morgan fingerprint density at radius 1 is 0.585 bits per heavy atom. The highest BCUT2D eigenvalue weighted by molar-refractivity contribution is 5.89. The first-order chi connectivity index (χ1) is 20.3. The smallest absolute Gasteiger partial charge is 0.338 e. The number of nitrogens with one attached hydrogen (secondary N) is 1. The SMILES string of the molecule is CCCCNc1ccc(C(=O)OCCOCCOCCOCCOCCOCCOCCOCCOCCN)cc1. The maximum atomic E-state index is 12.1. The van der Waals surface area contributed by atoms with Gasteiger partial charge in [-0.1, -0.05) is 13.3 Å². The molecule has 0 aliphatic carbocycles. The first-order valence-corrected chi connectivity index (χ1v) is 14.6. The van der Waals surface area contributed by atoms with Crippen LogP contribution in [0.5, 0.6) is 0 Å². The van der Waals surface area contributed by atoms with Crippen molar-refractivity contribution >= 4 is 11.7 Å². The lowest BCUT2D eigenvalue weighted by Gasteiger charge is -2.09. The van der Waals surface area contributed by atoms with Gasteiger partial charge < -0.3 is 53.7 Å². The summed E-state index contributed by atoms with van der Waals surface area (Å²) in [6.07, 6.45) is 2.25. The molecule has 0 aromatic heterocycles. The molecule has 0 amide bonds. The van der Waals surface area contributed by atoms with Crippen molar-refractivity contribution in [2.45, 2.75) is 19.8 Å². The van der Waals surface area contributed by atoms with Crippen LogP contribution in [0.4, 0.5) is 5.69 Å². The Bertz CT molecular complexity index is 697. The molecule has 0 atom stereocenters. The van der Waals surface area contributed by atoms with Crippen LogP contribution in [-0.4, -0.2) is 131 Å². The average Bonchev–Trinajstić information content (AvgIpc) is 2.99. The second-order valence-corrected chi connectivity index (χ2v) is 8.68. The van der Waals surface area contributed by atoms with Crippen LogP contribution in [0.1, 0.15) is 30.1 Å². The zero-order valence-corrected chi connectivity index (χ0v) is 24.8. The molecule has 0 aliphatic rings. The summed E-state index contributed by atoms with van der Waals surface area (Å²) in [7, 11) is 0. The van der Waals surface area contributed by atoms with Gasteiger partial charge in [0, 0.05) is 18.8 Å². The fourth-order valence-corrected chi connectivity index (χ4v) is 3.14. The van der Waals surface area contributed by atoms with Crippen LogP contribution >= 0.6 is 0 Å². The van der Waals surface area contributed by atoms with Gasteiger partial charge in [0.2, 0.25) is 0 Å². The number of benzene rings is 1. The highest BCUT2D eigenvalue weighted by Gasteiger charge is 2.06. The average molecular weight is 589 g/mol. The van der Waals surface area contributed by atoms with Crippen molar-refractivity contribution in [2.24, 2.45) is 5.73 Å². The first kappa shape index (κ1) is 37.2. The number of esters is 1. The second-order valence-electron chi connectivity index (χ2n) is 8.68. The number of carbonyl (C=O) groups excluding carboxylic acids is 1. The quantitative estimate of drug-likeness (QED) is 0.0971. The fourth-order valence-electron chi connectivity index (χ4n) is 3.14. The van der Waals surface area contributed by atoms with Crippen molar-refractivity contribution in [2.75, 3.05) is 131 Å². The Kier molecular flexibility index (Phi) is 26.8. The Balaban J connectivity index is 1.75. The number of ether oxygens (including phenoxy) is 9.